The number of nitrogens with one attached hydrogen (secondary N) is 1. The summed E-state index contributed by atoms with van der Waals surface area (Å²) >= 11 is 3.34. The molecule has 0 fully saturated rings. The maximum Gasteiger partial charge on any atom is 0.251 e. The number of halogens is 1. The van der Waals surface area contributed by atoms with Crippen LogP contribution in [0.5, 0.6) is 0 Å². The number of furan rings is 1. The third-order valence-corrected chi connectivity index (χ3v) is 4.90. The maximum atomic E-state index is 12.5. The van der Waals surface area contributed by atoms with E-state index in [2.05, 4.69) is 21.2 Å². The lowest BCUT2D eigenvalue weighted by Gasteiger charge is -2.18. The molecule has 2 aromatic carbocycles. The molecular weight excluding hydrogens is 408 g/mol. The molecule has 5 nitrogen and oxygen atoms in total. The van der Waals surface area contributed by atoms with E-state index in [1.54, 1.807) is 30.1 Å². The van der Waals surface area contributed by atoms with E-state index >= 15 is 0 Å². The van der Waals surface area contributed by atoms with Crippen molar-refractivity contribution < 1.29 is 14.0 Å². The Labute approximate surface area is 166 Å². The molecule has 0 radical (unpaired) electrons. The number of fused-ring (bicyclic) bond motifs is 1. The lowest BCUT2D eigenvalue weighted by atomic mass is 10.1. The molecule has 2 amide bonds. The molecule has 0 bridgehead atoms. The zero-order valence-corrected chi connectivity index (χ0v) is 16.9. The molecule has 27 heavy (non-hydrogen) atoms. The van der Waals surface area contributed by atoms with Crippen LogP contribution in [-0.4, -0.2) is 30.3 Å². The lowest BCUT2D eigenvalue weighted by molar-refractivity contribution is -0.129. The Bertz CT molecular complexity index is 980. The van der Waals surface area contributed by atoms with E-state index in [0.717, 1.165) is 33.2 Å². The number of carbonyl (C=O) groups excluding carboxylic acids is 2. The number of hydrogen-bond donors (Lipinski definition) is 1. The van der Waals surface area contributed by atoms with Crippen LogP contribution >= 0.6 is 15.9 Å². The van der Waals surface area contributed by atoms with Crippen molar-refractivity contribution in [2.45, 2.75) is 19.9 Å². The van der Waals surface area contributed by atoms with E-state index < -0.39 is 0 Å². The number of aryl methyl sites for hydroxylation is 1. The van der Waals surface area contributed by atoms with Gasteiger partial charge in [-0.3, -0.25) is 9.59 Å². The molecule has 0 atom stereocenters. The second-order valence-electron chi connectivity index (χ2n) is 6.30. The molecule has 0 unspecified atom stereocenters. The zero-order valence-electron chi connectivity index (χ0n) is 15.3. The number of benzene rings is 2. The fourth-order valence-electron chi connectivity index (χ4n) is 2.96. The molecule has 6 heteroatoms. The van der Waals surface area contributed by atoms with Gasteiger partial charge in [0.05, 0.1) is 6.54 Å². The minimum atomic E-state index is -0.277. The van der Waals surface area contributed by atoms with Gasteiger partial charge in [0.2, 0.25) is 5.91 Å². The molecule has 0 saturated heterocycles. The fraction of sp³-hybridized carbons (Fsp3) is 0.238. The minimum absolute atomic E-state index is 0.0565. The van der Waals surface area contributed by atoms with Crippen molar-refractivity contribution in [3.63, 3.8) is 0 Å². The van der Waals surface area contributed by atoms with Gasteiger partial charge in [0.25, 0.3) is 5.91 Å². The third kappa shape index (κ3) is 4.39. The van der Waals surface area contributed by atoms with Crippen molar-refractivity contribution in [1.82, 2.24) is 10.2 Å². The number of likely N-dealkylation sites (N-methyl/N-ethyl adjacent to an activating group) is 1. The Morgan fingerprint density at radius 3 is 2.67 bits per heavy atom. The van der Waals surface area contributed by atoms with E-state index in [4.69, 9.17) is 4.42 Å². The Hall–Kier alpha value is -2.60. The number of hydrogen-bond acceptors (Lipinski definition) is 3. The normalized spacial score (nSPS) is 10.8. The summed E-state index contributed by atoms with van der Waals surface area (Å²) in [4.78, 5) is 26.3. The van der Waals surface area contributed by atoms with E-state index in [9.17, 15) is 9.59 Å². The van der Waals surface area contributed by atoms with Gasteiger partial charge in [-0.25, -0.2) is 0 Å². The van der Waals surface area contributed by atoms with E-state index in [1.165, 1.54) is 0 Å². The van der Waals surface area contributed by atoms with Gasteiger partial charge >= 0.3 is 0 Å². The SMILES string of the molecule is CCc1oc2ccccc2c1CN(C)C(=O)CNC(=O)c1cccc(Br)c1. The van der Waals surface area contributed by atoms with Crippen LogP contribution in [0.15, 0.2) is 57.4 Å². The van der Waals surface area contributed by atoms with Crippen LogP contribution in [0.2, 0.25) is 0 Å². The van der Waals surface area contributed by atoms with E-state index in [1.807, 2.05) is 37.3 Å². The molecule has 3 rings (SSSR count). The Kier molecular flexibility index (Phi) is 5.96. The van der Waals surface area contributed by atoms with Crippen molar-refractivity contribution in [3.05, 3.63) is 69.9 Å². The Morgan fingerprint density at radius 1 is 1.15 bits per heavy atom. The molecule has 1 N–H and O–H groups in total. The van der Waals surface area contributed by atoms with Crippen LogP contribution in [0.3, 0.4) is 0 Å². The Morgan fingerprint density at radius 2 is 1.93 bits per heavy atom. The Balaban J connectivity index is 1.65. The molecule has 0 aliphatic rings. The van der Waals surface area contributed by atoms with Crippen molar-refractivity contribution in [2.24, 2.45) is 0 Å². The van der Waals surface area contributed by atoms with Crippen molar-refractivity contribution in [3.8, 4) is 0 Å². The second-order valence-corrected chi connectivity index (χ2v) is 7.21. The summed E-state index contributed by atoms with van der Waals surface area (Å²) in [6.07, 6.45) is 0.756. The van der Waals surface area contributed by atoms with Crippen LogP contribution in [0.1, 0.15) is 28.6 Å². The first-order chi connectivity index (χ1) is 13.0. The molecule has 3 aromatic rings. The number of amides is 2. The number of rotatable bonds is 6. The molecule has 1 aromatic heterocycles. The highest BCUT2D eigenvalue weighted by molar-refractivity contribution is 9.10. The van der Waals surface area contributed by atoms with Crippen LogP contribution in [-0.2, 0) is 17.8 Å². The molecule has 1 heterocycles. The monoisotopic (exact) mass is 428 g/mol. The largest absolute Gasteiger partial charge is 0.461 e. The lowest BCUT2D eigenvalue weighted by Crippen LogP contribution is -2.37. The van der Waals surface area contributed by atoms with Gasteiger partial charge in [-0.2, -0.15) is 0 Å². The summed E-state index contributed by atoms with van der Waals surface area (Å²) < 4.78 is 6.70. The predicted molar refractivity (Wildman–Crippen MR) is 109 cm³/mol. The van der Waals surface area contributed by atoms with Crippen LogP contribution in [0, 0.1) is 0 Å². The molecule has 0 spiro atoms. The van der Waals surface area contributed by atoms with Gasteiger partial charge in [-0.1, -0.05) is 47.1 Å². The van der Waals surface area contributed by atoms with Gasteiger partial charge in [-0.05, 0) is 24.3 Å². The maximum absolute atomic E-state index is 12.5. The highest BCUT2D eigenvalue weighted by Crippen LogP contribution is 2.27. The smallest absolute Gasteiger partial charge is 0.251 e. The van der Waals surface area contributed by atoms with Gasteiger partial charge in [0.1, 0.15) is 11.3 Å². The minimum Gasteiger partial charge on any atom is -0.461 e. The third-order valence-electron chi connectivity index (χ3n) is 4.41. The van der Waals surface area contributed by atoms with Gasteiger partial charge in [-0.15, -0.1) is 0 Å². The van der Waals surface area contributed by atoms with Gasteiger partial charge < -0.3 is 14.6 Å². The van der Waals surface area contributed by atoms with Gasteiger partial charge in [0.15, 0.2) is 0 Å². The van der Waals surface area contributed by atoms with Crippen LogP contribution < -0.4 is 5.32 Å². The first kappa shape index (κ1) is 19.2. The summed E-state index contributed by atoms with van der Waals surface area (Å²) in [7, 11) is 1.73. The first-order valence-electron chi connectivity index (χ1n) is 8.76. The van der Waals surface area contributed by atoms with Crippen molar-refractivity contribution >= 4 is 38.7 Å². The average Bonchev–Trinajstić information content (AvgIpc) is 3.03. The summed E-state index contributed by atoms with van der Waals surface area (Å²) in [5.41, 5.74) is 2.35. The van der Waals surface area contributed by atoms with E-state index in [0.29, 0.717) is 12.1 Å². The predicted octanol–water partition coefficient (Wildman–Crippen LogP) is 4.15. The molecule has 140 valence electrons. The quantitative estimate of drug-likeness (QED) is 0.641. The van der Waals surface area contributed by atoms with Gasteiger partial charge in [0, 0.05) is 41.0 Å². The van der Waals surface area contributed by atoms with Crippen LogP contribution in [0.4, 0.5) is 0 Å². The molecular formula is C21H21BrN2O3. The zero-order chi connectivity index (χ0) is 19.4. The molecule has 0 saturated carbocycles. The highest BCUT2D eigenvalue weighted by atomic mass is 79.9. The molecule has 0 aliphatic heterocycles. The molecule has 0 aliphatic carbocycles. The summed E-state index contributed by atoms with van der Waals surface area (Å²) in [5, 5.41) is 3.70. The summed E-state index contributed by atoms with van der Waals surface area (Å²) in [6.45, 7) is 2.41. The van der Waals surface area contributed by atoms with Crippen molar-refractivity contribution in [2.75, 3.05) is 13.6 Å². The standard InChI is InChI=1S/C21H21BrN2O3/c1-3-18-17(16-9-4-5-10-19(16)27-18)13-24(2)20(25)12-23-21(26)14-7-6-8-15(22)11-14/h4-11H,3,12-13H2,1-2H3,(H,23,26). The van der Waals surface area contributed by atoms with E-state index in [-0.39, 0.29) is 18.4 Å². The van der Waals surface area contributed by atoms with Crippen LogP contribution in [0.25, 0.3) is 11.0 Å². The number of carbonyl (C=O) groups is 2. The summed E-state index contributed by atoms with van der Waals surface area (Å²) in [5.74, 6) is 0.445. The fourth-order valence-corrected chi connectivity index (χ4v) is 3.36. The first-order valence-corrected chi connectivity index (χ1v) is 9.56. The number of para-hydroxylation sites is 1. The average molecular weight is 429 g/mol. The second kappa shape index (κ2) is 8.39. The summed E-state index contributed by atoms with van der Waals surface area (Å²) in [6, 6.07) is 14.9. The highest BCUT2D eigenvalue weighted by Gasteiger charge is 2.18. The number of nitrogens with zero attached hydrogens (tertiary/aromatic N) is 1. The topological polar surface area (TPSA) is 62.6 Å². The van der Waals surface area contributed by atoms with Crippen molar-refractivity contribution in [1.29, 1.82) is 0 Å².